The summed E-state index contributed by atoms with van der Waals surface area (Å²) in [5.74, 6) is -0.179. The molecular formula is C19H19N3OS. The fraction of sp³-hybridized carbons (Fsp3) is 0.158. The maximum Gasteiger partial charge on any atom is 0.275 e. The van der Waals surface area contributed by atoms with Gasteiger partial charge in [-0.15, -0.1) is 11.3 Å². The van der Waals surface area contributed by atoms with E-state index in [0.29, 0.717) is 5.69 Å². The molecule has 0 unspecified atom stereocenters. The lowest BCUT2D eigenvalue weighted by Crippen LogP contribution is -2.14. The number of hydrogen-bond donors (Lipinski definition) is 1. The van der Waals surface area contributed by atoms with Crippen molar-refractivity contribution in [3.8, 4) is 0 Å². The minimum absolute atomic E-state index is 0.179. The lowest BCUT2D eigenvalue weighted by atomic mass is 10.2. The zero-order valence-electron chi connectivity index (χ0n) is 13.7. The third-order valence-electron chi connectivity index (χ3n) is 3.60. The van der Waals surface area contributed by atoms with Gasteiger partial charge in [0.15, 0.2) is 0 Å². The van der Waals surface area contributed by atoms with E-state index >= 15 is 0 Å². The molecule has 2 aromatic carbocycles. The average molecular weight is 337 g/mol. The van der Waals surface area contributed by atoms with Gasteiger partial charge in [-0.3, -0.25) is 4.79 Å². The van der Waals surface area contributed by atoms with E-state index in [0.717, 1.165) is 22.8 Å². The van der Waals surface area contributed by atoms with Crippen molar-refractivity contribution in [3.05, 3.63) is 76.2 Å². The number of aromatic nitrogens is 1. The lowest BCUT2D eigenvalue weighted by Gasteiger charge is -2.13. The number of amides is 1. The molecular weight excluding hydrogens is 318 g/mol. The highest BCUT2D eigenvalue weighted by Gasteiger charge is 2.12. The zero-order chi connectivity index (χ0) is 16.9. The Balaban J connectivity index is 1.69. The van der Waals surface area contributed by atoms with Crippen LogP contribution in [0.15, 0.2) is 60.0 Å². The quantitative estimate of drug-likeness (QED) is 0.764. The van der Waals surface area contributed by atoms with Crippen LogP contribution in [0.25, 0.3) is 0 Å². The van der Waals surface area contributed by atoms with Crippen LogP contribution < -0.4 is 10.2 Å². The molecule has 0 aliphatic heterocycles. The number of nitrogens with zero attached hydrogens (tertiary/aromatic N) is 2. The molecule has 1 amide bonds. The molecule has 0 aliphatic rings. The van der Waals surface area contributed by atoms with E-state index in [-0.39, 0.29) is 5.91 Å². The molecule has 3 rings (SSSR count). The van der Waals surface area contributed by atoms with Crippen LogP contribution in [0.2, 0.25) is 0 Å². The summed E-state index contributed by atoms with van der Waals surface area (Å²) < 4.78 is 0. The molecule has 0 atom stereocenters. The Kier molecular flexibility index (Phi) is 4.91. The second kappa shape index (κ2) is 7.27. The molecule has 1 N–H and O–H groups in total. The van der Waals surface area contributed by atoms with Gasteiger partial charge in [-0.25, -0.2) is 4.98 Å². The molecule has 0 spiro atoms. The van der Waals surface area contributed by atoms with Crippen molar-refractivity contribution in [2.75, 3.05) is 24.3 Å². The van der Waals surface area contributed by atoms with Crippen molar-refractivity contribution in [1.29, 1.82) is 0 Å². The lowest BCUT2D eigenvalue weighted by molar-refractivity contribution is 0.102. The Bertz CT molecular complexity index is 827. The molecule has 0 fully saturated rings. The Morgan fingerprint density at radius 3 is 2.67 bits per heavy atom. The highest BCUT2D eigenvalue weighted by atomic mass is 32.1. The van der Waals surface area contributed by atoms with Crippen LogP contribution in [0.3, 0.4) is 0 Å². The molecule has 1 heterocycles. The van der Waals surface area contributed by atoms with Crippen molar-refractivity contribution < 1.29 is 4.79 Å². The van der Waals surface area contributed by atoms with E-state index in [2.05, 4.69) is 22.4 Å². The summed E-state index contributed by atoms with van der Waals surface area (Å²) in [5, 5.41) is 5.66. The Hall–Kier alpha value is -2.66. The first-order valence-electron chi connectivity index (χ1n) is 7.69. The predicted molar refractivity (Wildman–Crippen MR) is 100 cm³/mol. The van der Waals surface area contributed by atoms with Gasteiger partial charge < -0.3 is 10.2 Å². The number of carbonyl (C=O) groups is 1. The molecule has 0 bridgehead atoms. The van der Waals surface area contributed by atoms with E-state index in [1.165, 1.54) is 16.9 Å². The number of benzene rings is 2. The summed E-state index contributed by atoms with van der Waals surface area (Å²) in [6, 6.07) is 17.9. The van der Waals surface area contributed by atoms with Gasteiger partial charge in [0.05, 0.1) is 5.01 Å². The van der Waals surface area contributed by atoms with Gasteiger partial charge in [0, 0.05) is 37.3 Å². The first-order valence-corrected chi connectivity index (χ1v) is 8.57. The van der Waals surface area contributed by atoms with Crippen LogP contribution in [0.5, 0.6) is 0 Å². The maximum atomic E-state index is 12.4. The second-order valence-corrected chi connectivity index (χ2v) is 6.63. The van der Waals surface area contributed by atoms with E-state index in [9.17, 15) is 4.79 Å². The van der Waals surface area contributed by atoms with Crippen molar-refractivity contribution >= 4 is 28.6 Å². The molecule has 0 saturated heterocycles. The molecule has 0 saturated carbocycles. The molecule has 5 heteroatoms. The van der Waals surface area contributed by atoms with Crippen LogP contribution in [0.4, 0.5) is 11.4 Å². The van der Waals surface area contributed by atoms with Gasteiger partial charge in [0.2, 0.25) is 0 Å². The molecule has 3 aromatic rings. The molecule has 122 valence electrons. The summed E-state index contributed by atoms with van der Waals surface area (Å²) in [4.78, 5) is 18.8. The van der Waals surface area contributed by atoms with Crippen molar-refractivity contribution in [3.63, 3.8) is 0 Å². The van der Waals surface area contributed by atoms with E-state index < -0.39 is 0 Å². The van der Waals surface area contributed by atoms with Crippen molar-refractivity contribution in [2.45, 2.75) is 6.42 Å². The Labute approximate surface area is 145 Å². The second-order valence-electron chi connectivity index (χ2n) is 5.69. The summed E-state index contributed by atoms with van der Waals surface area (Å²) >= 11 is 1.51. The fourth-order valence-electron chi connectivity index (χ4n) is 2.32. The van der Waals surface area contributed by atoms with E-state index in [1.54, 1.807) is 0 Å². The van der Waals surface area contributed by atoms with Gasteiger partial charge in [-0.2, -0.15) is 0 Å². The average Bonchev–Trinajstić information content (AvgIpc) is 3.04. The van der Waals surface area contributed by atoms with Gasteiger partial charge >= 0.3 is 0 Å². The SMILES string of the molecule is CN(C)c1cccc(NC(=O)c2csc(Cc3ccccc3)n2)c1. The normalized spacial score (nSPS) is 10.4. The standard InChI is InChI=1S/C19H19N3OS/c1-22(2)16-10-6-9-15(12-16)20-19(23)17-13-24-18(21-17)11-14-7-4-3-5-8-14/h3-10,12-13H,11H2,1-2H3,(H,20,23). The molecule has 24 heavy (non-hydrogen) atoms. The summed E-state index contributed by atoms with van der Waals surface area (Å²) in [6.07, 6.45) is 0.745. The molecule has 4 nitrogen and oxygen atoms in total. The van der Waals surface area contributed by atoms with E-state index in [1.807, 2.05) is 66.8 Å². The number of rotatable bonds is 5. The maximum absolute atomic E-state index is 12.4. The Morgan fingerprint density at radius 1 is 1.12 bits per heavy atom. The number of anilines is 2. The third-order valence-corrected chi connectivity index (χ3v) is 4.45. The first-order chi connectivity index (χ1) is 11.6. The molecule has 0 aliphatic carbocycles. The van der Waals surface area contributed by atoms with E-state index in [4.69, 9.17) is 0 Å². The zero-order valence-corrected chi connectivity index (χ0v) is 14.5. The highest BCUT2D eigenvalue weighted by Crippen LogP contribution is 2.19. The number of hydrogen-bond acceptors (Lipinski definition) is 4. The minimum Gasteiger partial charge on any atom is -0.378 e. The topological polar surface area (TPSA) is 45.2 Å². The largest absolute Gasteiger partial charge is 0.378 e. The summed E-state index contributed by atoms with van der Waals surface area (Å²) in [6.45, 7) is 0. The summed E-state index contributed by atoms with van der Waals surface area (Å²) in [7, 11) is 3.94. The van der Waals surface area contributed by atoms with Crippen LogP contribution in [0, 0.1) is 0 Å². The predicted octanol–water partition coefficient (Wildman–Crippen LogP) is 4.05. The highest BCUT2D eigenvalue weighted by molar-refractivity contribution is 7.09. The molecule has 1 aromatic heterocycles. The number of carbonyl (C=O) groups excluding carboxylic acids is 1. The van der Waals surface area contributed by atoms with Gasteiger partial charge in [-0.05, 0) is 23.8 Å². The van der Waals surface area contributed by atoms with Crippen molar-refractivity contribution in [1.82, 2.24) is 4.98 Å². The van der Waals surface area contributed by atoms with Crippen LogP contribution in [0.1, 0.15) is 21.1 Å². The molecule has 0 radical (unpaired) electrons. The third kappa shape index (κ3) is 4.00. The number of thiazole rings is 1. The Morgan fingerprint density at radius 2 is 1.92 bits per heavy atom. The fourth-order valence-corrected chi connectivity index (χ4v) is 3.13. The van der Waals surface area contributed by atoms with Crippen LogP contribution in [-0.4, -0.2) is 25.0 Å². The van der Waals surface area contributed by atoms with Gasteiger partial charge in [0.25, 0.3) is 5.91 Å². The monoisotopic (exact) mass is 337 g/mol. The first kappa shape index (κ1) is 16.2. The van der Waals surface area contributed by atoms with Crippen LogP contribution >= 0.6 is 11.3 Å². The van der Waals surface area contributed by atoms with Gasteiger partial charge in [0.1, 0.15) is 5.69 Å². The van der Waals surface area contributed by atoms with Crippen molar-refractivity contribution in [2.24, 2.45) is 0 Å². The number of nitrogens with one attached hydrogen (secondary N) is 1. The summed E-state index contributed by atoms with van der Waals surface area (Å²) in [5.41, 5.74) is 3.46. The minimum atomic E-state index is -0.179. The smallest absolute Gasteiger partial charge is 0.275 e. The van der Waals surface area contributed by atoms with Crippen LogP contribution in [-0.2, 0) is 6.42 Å². The van der Waals surface area contributed by atoms with Gasteiger partial charge in [-0.1, -0.05) is 36.4 Å².